The molecule has 1 rings (SSSR count). The van der Waals surface area contributed by atoms with Crippen molar-refractivity contribution in [3.8, 4) is 5.88 Å². The molecule has 1 N–H and O–H groups in total. The number of alkyl halides is 2. The second-order valence-corrected chi connectivity index (χ2v) is 3.60. The van der Waals surface area contributed by atoms with Crippen LogP contribution in [0.1, 0.15) is 24.1 Å². The highest BCUT2D eigenvalue weighted by Gasteiger charge is 2.09. The fourth-order valence-electron chi connectivity index (χ4n) is 1.28. The summed E-state index contributed by atoms with van der Waals surface area (Å²) in [5.41, 5.74) is 1.77. The van der Waals surface area contributed by atoms with Crippen LogP contribution in [-0.4, -0.2) is 25.1 Å². The number of rotatable bonds is 5. The van der Waals surface area contributed by atoms with Gasteiger partial charge < -0.3 is 10.1 Å². The van der Waals surface area contributed by atoms with Gasteiger partial charge in [0.05, 0.1) is 0 Å². The molecule has 0 aliphatic rings. The zero-order valence-electron chi connectivity index (χ0n) is 9.63. The summed E-state index contributed by atoms with van der Waals surface area (Å²) in [6.45, 7) is 3.17. The van der Waals surface area contributed by atoms with Crippen molar-refractivity contribution in [2.24, 2.45) is 0 Å². The van der Waals surface area contributed by atoms with Crippen LogP contribution in [0.15, 0.2) is 12.3 Å². The molecule has 1 aromatic heterocycles. The van der Waals surface area contributed by atoms with E-state index in [0.29, 0.717) is 0 Å². The molecule has 0 saturated carbocycles. The summed E-state index contributed by atoms with van der Waals surface area (Å²) in [5, 5.41) is 3.08. The van der Waals surface area contributed by atoms with Gasteiger partial charge in [0.1, 0.15) is 0 Å². The molecule has 90 valence electrons. The van der Waals surface area contributed by atoms with E-state index in [4.69, 9.17) is 4.74 Å². The van der Waals surface area contributed by atoms with Gasteiger partial charge in [0.25, 0.3) is 6.43 Å². The number of nitrogens with one attached hydrogen (secondary N) is 1. The van der Waals surface area contributed by atoms with Crippen LogP contribution >= 0.6 is 0 Å². The third-order valence-corrected chi connectivity index (χ3v) is 2.33. The van der Waals surface area contributed by atoms with Gasteiger partial charge in [-0.25, -0.2) is 13.8 Å². The van der Waals surface area contributed by atoms with Gasteiger partial charge in [-0.2, -0.15) is 0 Å². The van der Waals surface area contributed by atoms with Gasteiger partial charge in [0.15, 0.2) is 6.61 Å². The standard InChI is InChI=1S/C11H16F2N2O/c1-7-4-9(8(2)14-3)5-15-11(7)16-6-10(12)13/h4-5,8,10,14H,6H2,1-3H3. The third-order valence-electron chi connectivity index (χ3n) is 2.33. The minimum Gasteiger partial charge on any atom is -0.471 e. The van der Waals surface area contributed by atoms with Crippen LogP contribution in [0, 0.1) is 6.92 Å². The van der Waals surface area contributed by atoms with Crippen molar-refractivity contribution in [2.75, 3.05) is 13.7 Å². The van der Waals surface area contributed by atoms with Gasteiger partial charge in [0.2, 0.25) is 5.88 Å². The first-order valence-corrected chi connectivity index (χ1v) is 5.09. The number of aryl methyl sites for hydroxylation is 1. The molecule has 0 spiro atoms. The Morgan fingerprint density at radius 3 is 2.69 bits per heavy atom. The Morgan fingerprint density at radius 1 is 1.50 bits per heavy atom. The first kappa shape index (κ1) is 12.8. The molecular weight excluding hydrogens is 214 g/mol. The Kier molecular flexibility index (Phi) is 4.61. The number of hydrogen-bond acceptors (Lipinski definition) is 3. The van der Waals surface area contributed by atoms with Gasteiger partial charge in [-0.15, -0.1) is 0 Å². The van der Waals surface area contributed by atoms with Crippen LogP contribution in [0.3, 0.4) is 0 Å². The summed E-state index contributed by atoms with van der Waals surface area (Å²) in [6, 6.07) is 2.06. The van der Waals surface area contributed by atoms with E-state index < -0.39 is 13.0 Å². The maximum absolute atomic E-state index is 12.0. The minimum atomic E-state index is -2.47. The van der Waals surface area contributed by atoms with Crippen molar-refractivity contribution in [1.82, 2.24) is 10.3 Å². The second-order valence-electron chi connectivity index (χ2n) is 3.60. The smallest absolute Gasteiger partial charge is 0.272 e. The molecule has 0 fully saturated rings. The maximum Gasteiger partial charge on any atom is 0.272 e. The number of nitrogens with zero attached hydrogens (tertiary/aromatic N) is 1. The first-order valence-electron chi connectivity index (χ1n) is 5.09. The first-order chi connectivity index (χ1) is 7.54. The van der Waals surface area contributed by atoms with E-state index in [1.807, 2.05) is 20.0 Å². The number of aromatic nitrogens is 1. The Hall–Kier alpha value is -1.23. The summed E-state index contributed by atoms with van der Waals surface area (Å²) < 4.78 is 28.8. The molecule has 1 atom stereocenters. The third kappa shape index (κ3) is 3.41. The molecule has 0 aromatic carbocycles. The average Bonchev–Trinajstić information content (AvgIpc) is 2.26. The van der Waals surface area contributed by atoms with Crippen LogP contribution in [0.25, 0.3) is 0 Å². The molecule has 0 aliphatic carbocycles. The van der Waals surface area contributed by atoms with Crippen LogP contribution in [0.5, 0.6) is 5.88 Å². The molecule has 0 radical (unpaired) electrons. The predicted molar refractivity (Wildman–Crippen MR) is 57.9 cm³/mol. The average molecular weight is 230 g/mol. The SMILES string of the molecule is CNC(C)c1cnc(OCC(F)F)c(C)c1. The zero-order chi connectivity index (χ0) is 12.1. The number of pyridine rings is 1. The highest BCUT2D eigenvalue weighted by Crippen LogP contribution is 2.19. The summed E-state index contributed by atoms with van der Waals surface area (Å²) in [5.74, 6) is 0.271. The summed E-state index contributed by atoms with van der Waals surface area (Å²) in [6.07, 6.45) is -0.841. The van der Waals surface area contributed by atoms with Crippen LogP contribution in [-0.2, 0) is 0 Å². The molecule has 5 heteroatoms. The van der Waals surface area contributed by atoms with E-state index in [-0.39, 0.29) is 11.9 Å². The van der Waals surface area contributed by atoms with E-state index in [2.05, 4.69) is 10.3 Å². The van der Waals surface area contributed by atoms with Crippen molar-refractivity contribution >= 4 is 0 Å². The molecule has 0 amide bonds. The number of halogens is 2. The topological polar surface area (TPSA) is 34.2 Å². The summed E-state index contributed by atoms with van der Waals surface area (Å²) in [4.78, 5) is 4.02. The van der Waals surface area contributed by atoms with Crippen molar-refractivity contribution < 1.29 is 13.5 Å². The lowest BCUT2D eigenvalue weighted by atomic mass is 10.1. The van der Waals surface area contributed by atoms with Crippen molar-refractivity contribution in [1.29, 1.82) is 0 Å². The van der Waals surface area contributed by atoms with Crippen molar-refractivity contribution in [3.63, 3.8) is 0 Å². The van der Waals surface area contributed by atoms with Gasteiger partial charge in [-0.3, -0.25) is 0 Å². The van der Waals surface area contributed by atoms with E-state index in [1.165, 1.54) is 0 Å². The second kappa shape index (κ2) is 5.75. The lowest BCUT2D eigenvalue weighted by molar-refractivity contribution is 0.0792. The molecule has 1 heterocycles. The Bertz CT molecular complexity index is 345. The van der Waals surface area contributed by atoms with E-state index >= 15 is 0 Å². The molecule has 3 nitrogen and oxygen atoms in total. The Balaban J connectivity index is 2.75. The van der Waals surface area contributed by atoms with Crippen LogP contribution in [0.4, 0.5) is 8.78 Å². The van der Waals surface area contributed by atoms with Gasteiger partial charge in [0, 0.05) is 17.8 Å². The fourth-order valence-corrected chi connectivity index (χ4v) is 1.28. The normalized spacial score (nSPS) is 12.9. The number of ether oxygens (including phenoxy) is 1. The Labute approximate surface area is 93.8 Å². The van der Waals surface area contributed by atoms with E-state index in [9.17, 15) is 8.78 Å². The Morgan fingerprint density at radius 2 is 2.19 bits per heavy atom. The van der Waals surface area contributed by atoms with Gasteiger partial charge >= 0.3 is 0 Å². The largest absolute Gasteiger partial charge is 0.471 e. The molecule has 1 aromatic rings. The molecule has 0 aliphatic heterocycles. The molecule has 16 heavy (non-hydrogen) atoms. The molecule has 1 unspecified atom stereocenters. The quantitative estimate of drug-likeness (QED) is 0.842. The highest BCUT2D eigenvalue weighted by molar-refractivity contribution is 5.29. The van der Waals surface area contributed by atoms with Gasteiger partial charge in [-0.05, 0) is 32.5 Å². The van der Waals surface area contributed by atoms with E-state index in [1.54, 1.807) is 13.1 Å². The van der Waals surface area contributed by atoms with Gasteiger partial charge in [-0.1, -0.05) is 0 Å². The van der Waals surface area contributed by atoms with Crippen molar-refractivity contribution in [2.45, 2.75) is 26.3 Å². The van der Waals surface area contributed by atoms with Crippen LogP contribution < -0.4 is 10.1 Å². The minimum absolute atomic E-state index is 0.176. The maximum atomic E-state index is 12.0. The summed E-state index contributed by atoms with van der Waals surface area (Å²) in [7, 11) is 1.85. The lowest BCUT2D eigenvalue weighted by Crippen LogP contribution is -2.14. The number of hydrogen-bond donors (Lipinski definition) is 1. The molecular formula is C11H16F2N2O. The molecule has 0 bridgehead atoms. The van der Waals surface area contributed by atoms with Crippen molar-refractivity contribution in [3.05, 3.63) is 23.4 Å². The van der Waals surface area contributed by atoms with Crippen LogP contribution in [0.2, 0.25) is 0 Å². The zero-order valence-corrected chi connectivity index (χ0v) is 9.63. The fraction of sp³-hybridized carbons (Fsp3) is 0.545. The summed E-state index contributed by atoms with van der Waals surface area (Å²) >= 11 is 0. The molecule has 0 saturated heterocycles. The predicted octanol–water partition coefficient (Wildman–Crippen LogP) is 2.31. The lowest BCUT2D eigenvalue weighted by Gasteiger charge is -2.13. The van der Waals surface area contributed by atoms with E-state index in [0.717, 1.165) is 11.1 Å². The monoisotopic (exact) mass is 230 g/mol. The highest BCUT2D eigenvalue weighted by atomic mass is 19.3.